The first-order valence-electron chi connectivity index (χ1n) is 5.49. The van der Waals surface area contributed by atoms with Gasteiger partial charge in [-0.15, -0.1) is 11.3 Å². The maximum absolute atomic E-state index is 6.11. The molecule has 0 saturated heterocycles. The Kier molecular flexibility index (Phi) is 4.15. The van der Waals surface area contributed by atoms with Gasteiger partial charge in [-0.2, -0.15) is 0 Å². The quantitative estimate of drug-likeness (QED) is 0.715. The van der Waals surface area contributed by atoms with Gasteiger partial charge in [-0.25, -0.2) is 0 Å². The van der Waals surface area contributed by atoms with Gasteiger partial charge in [-0.05, 0) is 29.6 Å². The van der Waals surface area contributed by atoms with Crippen LogP contribution in [0.1, 0.15) is 25.6 Å². The molecule has 3 heteroatoms. The van der Waals surface area contributed by atoms with E-state index in [2.05, 4.69) is 51.4 Å². The molecule has 1 aromatic rings. The van der Waals surface area contributed by atoms with E-state index in [9.17, 15) is 0 Å². The number of hydrogen-bond acceptors (Lipinski definition) is 2. The Morgan fingerprint density at radius 2 is 2.00 bits per heavy atom. The minimum absolute atomic E-state index is 0.322. The molecule has 0 amide bonds. The third-order valence-corrected chi connectivity index (χ3v) is 8.67. The first-order valence-corrected chi connectivity index (χ1v) is 9.28. The van der Waals surface area contributed by atoms with Crippen LogP contribution >= 0.6 is 11.3 Å². The van der Waals surface area contributed by atoms with Gasteiger partial charge in [0.05, 0.1) is 0 Å². The van der Waals surface area contributed by atoms with Gasteiger partial charge < -0.3 is 4.43 Å². The van der Waals surface area contributed by atoms with Gasteiger partial charge in [0, 0.05) is 17.9 Å². The zero-order valence-corrected chi connectivity index (χ0v) is 12.3. The maximum atomic E-state index is 6.11. The minimum atomic E-state index is -1.53. The van der Waals surface area contributed by atoms with E-state index >= 15 is 0 Å². The lowest BCUT2D eigenvalue weighted by molar-refractivity contribution is 0.293. The van der Waals surface area contributed by atoms with Crippen LogP contribution in [0.4, 0.5) is 0 Å². The molecule has 15 heavy (non-hydrogen) atoms. The Hall–Kier alpha value is -0.123. The highest BCUT2D eigenvalue weighted by Crippen LogP contribution is 2.36. The van der Waals surface area contributed by atoms with E-state index in [4.69, 9.17) is 4.43 Å². The molecule has 0 bridgehead atoms. The average molecular weight is 242 g/mol. The molecule has 0 unspecified atom stereocenters. The molecule has 86 valence electrons. The molecule has 1 heterocycles. The molecule has 1 nitrogen and oxygen atoms in total. The first-order chi connectivity index (χ1) is 6.83. The van der Waals surface area contributed by atoms with E-state index in [0.29, 0.717) is 5.04 Å². The van der Waals surface area contributed by atoms with Crippen molar-refractivity contribution in [2.45, 2.75) is 45.3 Å². The molecule has 0 fully saturated rings. The van der Waals surface area contributed by atoms with E-state index in [0.717, 1.165) is 13.0 Å². The molecule has 0 aliphatic carbocycles. The lowest BCUT2D eigenvalue weighted by Gasteiger charge is -2.36. The van der Waals surface area contributed by atoms with E-state index in [-0.39, 0.29) is 0 Å². The van der Waals surface area contributed by atoms with Gasteiger partial charge in [0.2, 0.25) is 0 Å². The third-order valence-electron chi connectivity index (χ3n) is 3.20. The van der Waals surface area contributed by atoms with Crippen LogP contribution in [0.15, 0.2) is 17.5 Å². The molecule has 0 spiro atoms. The molecule has 0 radical (unpaired) electrons. The Bertz CT molecular complexity index is 285. The van der Waals surface area contributed by atoms with E-state index in [1.807, 2.05) is 11.3 Å². The van der Waals surface area contributed by atoms with Gasteiger partial charge in [0.15, 0.2) is 8.32 Å². The number of rotatable bonds is 4. The third kappa shape index (κ3) is 3.74. The van der Waals surface area contributed by atoms with E-state index in [1.54, 1.807) is 0 Å². The Morgan fingerprint density at radius 3 is 2.47 bits per heavy atom. The normalized spacial score (nSPS) is 13.1. The zero-order valence-electron chi connectivity index (χ0n) is 10.5. The number of thiophene rings is 1. The summed E-state index contributed by atoms with van der Waals surface area (Å²) in [6.45, 7) is 12.3. The fraction of sp³-hybridized carbons (Fsp3) is 0.667. The standard InChI is InChI=1S/C12H22OSSi/c1-12(2,3)15(4,5)13-9-8-11-7-6-10-14-11/h6-7,10H,8-9H2,1-5H3. The molecule has 1 aromatic heterocycles. The van der Waals surface area contributed by atoms with Crippen LogP contribution in [-0.4, -0.2) is 14.9 Å². The molecular weight excluding hydrogens is 220 g/mol. The van der Waals surface area contributed by atoms with Gasteiger partial charge in [-0.3, -0.25) is 0 Å². The topological polar surface area (TPSA) is 9.23 Å². The summed E-state index contributed by atoms with van der Waals surface area (Å²) >= 11 is 1.82. The fourth-order valence-corrected chi connectivity index (χ4v) is 2.81. The van der Waals surface area contributed by atoms with Crippen molar-refractivity contribution in [3.63, 3.8) is 0 Å². The molecule has 1 rings (SSSR count). The van der Waals surface area contributed by atoms with Crippen LogP contribution in [0.2, 0.25) is 18.1 Å². The van der Waals surface area contributed by atoms with Crippen LogP contribution in [0.5, 0.6) is 0 Å². The highest BCUT2D eigenvalue weighted by atomic mass is 32.1. The van der Waals surface area contributed by atoms with Crippen LogP contribution in [-0.2, 0) is 10.8 Å². The second kappa shape index (κ2) is 4.81. The molecule has 0 N–H and O–H groups in total. The predicted octanol–water partition coefficient (Wildman–Crippen LogP) is 4.31. The molecule has 0 atom stereocenters. The van der Waals surface area contributed by atoms with Crippen molar-refractivity contribution in [1.82, 2.24) is 0 Å². The molecule has 0 aliphatic rings. The largest absolute Gasteiger partial charge is 0.416 e. The van der Waals surface area contributed by atoms with Crippen LogP contribution in [0.3, 0.4) is 0 Å². The Balaban J connectivity index is 2.37. The summed E-state index contributed by atoms with van der Waals surface area (Å²) in [5, 5.41) is 2.45. The van der Waals surface area contributed by atoms with Gasteiger partial charge in [0.25, 0.3) is 0 Å². The van der Waals surface area contributed by atoms with Crippen LogP contribution < -0.4 is 0 Å². The summed E-state index contributed by atoms with van der Waals surface area (Å²) in [7, 11) is -1.53. The molecular formula is C12H22OSSi. The predicted molar refractivity (Wildman–Crippen MR) is 71.2 cm³/mol. The minimum Gasteiger partial charge on any atom is -0.416 e. The summed E-state index contributed by atoms with van der Waals surface area (Å²) in [5.74, 6) is 0. The first kappa shape index (κ1) is 12.9. The van der Waals surface area contributed by atoms with Crippen molar-refractivity contribution >= 4 is 19.7 Å². The summed E-state index contributed by atoms with van der Waals surface area (Å²) in [6.07, 6.45) is 1.06. The highest BCUT2D eigenvalue weighted by Gasteiger charge is 2.36. The van der Waals surface area contributed by atoms with Crippen LogP contribution in [0.25, 0.3) is 0 Å². The SMILES string of the molecule is CC(C)(C)[Si](C)(C)OCCc1cccs1. The second-order valence-electron chi connectivity index (χ2n) is 5.44. The van der Waals surface area contributed by atoms with Gasteiger partial charge in [0.1, 0.15) is 0 Å². The van der Waals surface area contributed by atoms with E-state index < -0.39 is 8.32 Å². The van der Waals surface area contributed by atoms with Gasteiger partial charge in [-0.1, -0.05) is 26.8 Å². The summed E-state index contributed by atoms with van der Waals surface area (Å²) in [6, 6.07) is 4.28. The fourth-order valence-electron chi connectivity index (χ4n) is 1.08. The monoisotopic (exact) mass is 242 g/mol. The van der Waals surface area contributed by atoms with Gasteiger partial charge >= 0.3 is 0 Å². The van der Waals surface area contributed by atoms with Crippen molar-refractivity contribution in [2.24, 2.45) is 0 Å². The van der Waals surface area contributed by atoms with Crippen molar-refractivity contribution < 1.29 is 4.43 Å². The zero-order chi connectivity index (χ0) is 11.5. The highest BCUT2D eigenvalue weighted by molar-refractivity contribution is 7.09. The maximum Gasteiger partial charge on any atom is 0.191 e. The van der Waals surface area contributed by atoms with Crippen LogP contribution in [0, 0.1) is 0 Å². The average Bonchev–Trinajstić information content (AvgIpc) is 2.54. The lowest BCUT2D eigenvalue weighted by atomic mass is 10.2. The van der Waals surface area contributed by atoms with Crippen molar-refractivity contribution in [1.29, 1.82) is 0 Å². The van der Waals surface area contributed by atoms with Crippen molar-refractivity contribution in [3.05, 3.63) is 22.4 Å². The molecule has 0 aromatic carbocycles. The number of hydrogen-bond donors (Lipinski definition) is 0. The molecule has 0 aliphatic heterocycles. The smallest absolute Gasteiger partial charge is 0.191 e. The van der Waals surface area contributed by atoms with Crippen molar-refractivity contribution in [2.75, 3.05) is 6.61 Å². The van der Waals surface area contributed by atoms with E-state index in [1.165, 1.54) is 4.88 Å². The summed E-state index contributed by atoms with van der Waals surface area (Å²) in [5.41, 5.74) is 0. The lowest BCUT2D eigenvalue weighted by Crippen LogP contribution is -2.41. The Labute approximate surface area is 98.6 Å². The van der Waals surface area contributed by atoms with Crippen molar-refractivity contribution in [3.8, 4) is 0 Å². The Morgan fingerprint density at radius 1 is 1.33 bits per heavy atom. The summed E-state index contributed by atoms with van der Waals surface area (Å²) < 4.78 is 6.11. The second-order valence-corrected chi connectivity index (χ2v) is 11.3. The summed E-state index contributed by atoms with van der Waals surface area (Å²) in [4.78, 5) is 1.42. The molecule has 0 saturated carbocycles.